The summed E-state index contributed by atoms with van der Waals surface area (Å²) in [4.78, 5) is 14.8. The molecule has 1 heterocycles. The molecule has 0 atom stereocenters. The van der Waals surface area contributed by atoms with E-state index in [1.165, 1.54) is 0 Å². The van der Waals surface area contributed by atoms with Gasteiger partial charge in [-0.25, -0.2) is 4.79 Å². The molecule has 0 aliphatic heterocycles. The van der Waals surface area contributed by atoms with Gasteiger partial charge in [-0.05, 0) is 32.3 Å². The van der Waals surface area contributed by atoms with E-state index in [2.05, 4.69) is 11.9 Å². The molecule has 0 bridgehead atoms. The molecular weight excluding hydrogens is 190 g/mol. The van der Waals surface area contributed by atoms with E-state index in [4.69, 9.17) is 4.74 Å². The van der Waals surface area contributed by atoms with Gasteiger partial charge in [0.2, 0.25) is 0 Å². The van der Waals surface area contributed by atoms with Crippen molar-refractivity contribution in [3.8, 4) is 0 Å². The quantitative estimate of drug-likeness (QED) is 0.758. The molecule has 0 aliphatic carbocycles. The Hall–Kier alpha value is -1.25. The minimum atomic E-state index is -0.206. The highest BCUT2D eigenvalue weighted by Gasteiger charge is 2.16. The number of H-pyrrole nitrogens is 1. The van der Waals surface area contributed by atoms with Crippen LogP contribution in [-0.2, 0) is 11.2 Å². The molecule has 1 N–H and O–H groups in total. The first kappa shape index (κ1) is 11.8. The summed E-state index contributed by atoms with van der Waals surface area (Å²) in [5.74, 6) is -0.206. The van der Waals surface area contributed by atoms with Crippen molar-refractivity contribution in [2.45, 2.75) is 40.0 Å². The van der Waals surface area contributed by atoms with Crippen molar-refractivity contribution in [2.75, 3.05) is 6.61 Å². The van der Waals surface area contributed by atoms with E-state index in [0.29, 0.717) is 6.61 Å². The van der Waals surface area contributed by atoms with E-state index < -0.39 is 0 Å². The molecule has 0 aromatic carbocycles. The average molecular weight is 209 g/mol. The van der Waals surface area contributed by atoms with E-state index in [1.54, 1.807) is 0 Å². The number of hydrogen-bond donors (Lipinski definition) is 1. The number of aryl methyl sites for hydroxylation is 2. The van der Waals surface area contributed by atoms with E-state index in [0.717, 1.165) is 36.1 Å². The monoisotopic (exact) mass is 209 g/mol. The fourth-order valence-electron chi connectivity index (χ4n) is 1.63. The molecule has 0 spiro atoms. The van der Waals surface area contributed by atoms with Gasteiger partial charge in [0.05, 0.1) is 12.2 Å². The Morgan fingerprint density at radius 3 is 2.80 bits per heavy atom. The Labute approximate surface area is 90.8 Å². The van der Waals surface area contributed by atoms with Crippen molar-refractivity contribution in [3.63, 3.8) is 0 Å². The third-order valence-electron chi connectivity index (χ3n) is 2.44. The molecule has 0 saturated heterocycles. The average Bonchev–Trinajstić information content (AvgIpc) is 2.57. The Morgan fingerprint density at radius 2 is 2.20 bits per heavy atom. The fraction of sp³-hybridized carbons (Fsp3) is 0.583. The van der Waals surface area contributed by atoms with Gasteiger partial charge in [0.15, 0.2) is 0 Å². The van der Waals surface area contributed by atoms with Gasteiger partial charge in [-0.3, -0.25) is 0 Å². The lowest BCUT2D eigenvalue weighted by Gasteiger charge is -2.04. The lowest BCUT2D eigenvalue weighted by molar-refractivity contribution is 0.0524. The molecule has 0 saturated carbocycles. The summed E-state index contributed by atoms with van der Waals surface area (Å²) in [6.07, 6.45) is 5.09. The van der Waals surface area contributed by atoms with Crippen LogP contribution in [0.1, 0.15) is 48.3 Å². The number of carbonyl (C=O) groups is 1. The normalized spacial score (nSPS) is 10.3. The van der Waals surface area contributed by atoms with Crippen molar-refractivity contribution in [2.24, 2.45) is 0 Å². The Morgan fingerprint density at radius 1 is 1.47 bits per heavy atom. The van der Waals surface area contributed by atoms with Crippen molar-refractivity contribution in [3.05, 3.63) is 23.0 Å². The molecule has 1 aromatic heterocycles. The Balaban J connectivity index is 2.83. The van der Waals surface area contributed by atoms with Crippen LogP contribution in [-0.4, -0.2) is 17.6 Å². The van der Waals surface area contributed by atoms with Gasteiger partial charge in [0, 0.05) is 11.9 Å². The second-order valence-corrected chi connectivity index (χ2v) is 3.64. The summed E-state index contributed by atoms with van der Waals surface area (Å²) >= 11 is 0. The van der Waals surface area contributed by atoms with Crippen LogP contribution >= 0.6 is 0 Å². The van der Waals surface area contributed by atoms with Crippen LogP contribution in [0.2, 0.25) is 0 Å². The largest absolute Gasteiger partial charge is 0.462 e. The summed E-state index contributed by atoms with van der Waals surface area (Å²) in [7, 11) is 0. The molecule has 1 rings (SSSR count). The van der Waals surface area contributed by atoms with Crippen molar-refractivity contribution in [1.82, 2.24) is 4.98 Å². The molecule has 0 unspecified atom stereocenters. The zero-order valence-electron chi connectivity index (χ0n) is 9.72. The standard InChI is InChI=1S/C12H19NO2/c1-4-6-7-10-8-13-9(3)11(10)12(14)15-5-2/h8,13H,4-7H2,1-3H3. The lowest BCUT2D eigenvalue weighted by atomic mass is 10.1. The minimum absolute atomic E-state index is 0.206. The molecule has 3 heteroatoms. The van der Waals surface area contributed by atoms with Gasteiger partial charge in [-0.15, -0.1) is 0 Å². The number of nitrogens with one attached hydrogen (secondary N) is 1. The third kappa shape index (κ3) is 2.85. The molecule has 15 heavy (non-hydrogen) atoms. The van der Waals surface area contributed by atoms with E-state index in [1.807, 2.05) is 20.0 Å². The molecule has 0 fully saturated rings. The smallest absolute Gasteiger partial charge is 0.340 e. The molecule has 0 amide bonds. The molecule has 0 aliphatic rings. The van der Waals surface area contributed by atoms with E-state index in [9.17, 15) is 4.79 Å². The van der Waals surface area contributed by atoms with Crippen LogP contribution in [0.5, 0.6) is 0 Å². The Kier molecular flexibility index (Phi) is 4.40. The topological polar surface area (TPSA) is 42.1 Å². The summed E-state index contributed by atoms with van der Waals surface area (Å²) < 4.78 is 5.03. The van der Waals surface area contributed by atoms with Crippen LogP contribution in [0.4, 0.5) is 0 Å². The van der Waals surface area contributed by atoms with Gasteiger partial charge in [0.25, 0.3) is 0 Å². The summed E-state index contributed by atoms with van der Waals surface area (Å²) in [6, 6.07) is 0. The van der Waals surface area contributed by atoms with Crippen LogP contribution in [0, 0.1) is 6.92 Å². The predicted molar refractivity (Wildman–Crippen MR) is 60.1 cm³/mol. The number of esters is 1. The molecular formula is C12H19NO2. The number of aromatic nitrogens is 1. The van der Waals surface area contributed by atoms with Gasteiger partial charge in [-0.2, -0.15) is 0 Å². The number of carbonyl (C=O) groups excluding carboxylic acids is 1. The van der Waals surface area contributed by atoms with Crippen LogP contribution in [0.25, 0.3) is 0 Å². The van der Waals surface area contributed by atoms with Gasteiger partial charge in [-0.1, -0.05) is 13.3 Å². The number of ether oxygens (including phenoxy) is 1. The first-order chi connectivity index (χ1) is 7.20. The summed E-state index contributed by atoms with van der Waals surface area (Å²) in [5, 5.41) is 0. The zero-order chi connectivity index (χ0) is 11.3. The molecule has 1 aromatic rings. The first-order valence-corrected chi connectivity index (χ1v) is 5.54. The number of unbranched alkanes of at least 4 members (excludes halogenated alkanes) is 1. The van der Waals surface area contributed by atoms with Crippen LogP contribution in [0.3, 0.4) is 0 Å². The van der Waals surface area contributed by atoms with Crippen molar-refractivity contribution < 1.29 is 9.53 Å². The van der Waals surface area contributed by atoms with Gasteiger partial charge < -0.3 is 9.72 Å². The van der Waals surface area contributed by atoms with Crippen molar-refractivity contribution >= 4 is 5.97 Å². The maximum atomic E-state index is 11.7. The highest BCUT2D eigenvalue weighted by molar-refractivity contribution is 5.92. The SMILES string of the molecule is CCCCc1c[nH]c(C)c1C(=O)OCC. The highest BCUT2D eigenvalue weighted by atomic mass is 16.5. The molecule has 84 valence electrons. The number of hydrogen-bond acceptors (Lipinski definition) is 2. The van der Waals surface area contributed by atoms with Crippen LogP contribution < -0.4 is 0 Å². The molecule has 3 nitrogen and oxygen atoms in total. The van der Waals surface area contributed by atoms with Gasteiger partial charge in [0.1, 0.15) is 0 Å². The third-order valence-corrected chi connectivity index (χ3v) is 2.44. The first-order valence-electron chi connectivity index (χ1n) is 5.54. The van der Waals surface area contributed by atoms with Crippen molar-refractivity contribution in [1.29, 1.82) is 0 Å². The molecule has 0 radical (unpaired) electrons. The lowest BCUT2D eigenvalue weighted by Crippen LogP contribution is -2.07. The number of rotatable bonds is 5. The zero-order valence-corrected chi connectivity index (χ0v) is 9.72. The van der Waals surface area contributed by atoms with Gasteiger partial charge >= 0.3 is 5.97 Å². The second kappa shape index (κ2) is 5.59. The highest BCUT2D eigenvalue weighted by Crippen LogP contribution is 2.17. The van der Waals surface area contributed by atoms with E-state index in [-0.39, 0.29) is 5.97 Å². The Bertz CT molecular complexity index is 328. The second-order valence-electron chi connectivity index (χ2n) is 3.64. The van der Waals surface area contributed by atoms with E-state index >= 15 is 0 Å². The maximum Gasteiger partial charge on any atom is 0.340 e. The summed E-state index contributed by atoms with van der Waals surface area (Å²) in [6.45, 7) is 6.30. The number of aromatic amines is 1. The maximum absolute atomic E-state index is 11.7. The summed E-state index contributed by atoms with van der Waals surface area (Å²) in [5.41, 5.74) is 2.71. The minimum Gasteiger partial charge on any atom is -0.462 e. The van der Waals surface area contributed by atoms with Crippen LogP contribution in [0.15, 0.2) is 6.20 Å². The fourth-order valence-corrected chi connectivity index (χ4v) is 1.63. The predicted octanol–water partition coefficient (Wildman–Crippen LogP) is 2.84.